The lowest BCUT2D eigenvalue weighted by Crippen LogP contribution is -2.39. The van der Waals surface area contributed by atoms with E-state index < -0.39 is 0 Å². The number of ether oxygens (including phenoxy) is 1. The number of hydrogen-bond donors (Lipinski definition) is 1. The van der Waals surface area contributed by atoms with E-state index in [1.54, 1.807) is 4.90 Å². The summed E-state index contributed by atoms with van der Waals surface area (Å²) in [5.74, 6) is -0.182. The number of carbonyl (C=O) groups excluding carboxylic acids is 1. The van der Waals surface area contributed by atoms with E-state index in [0.717, 1.165) is 5.56 Å². The van der Waals surface area contributed by atoms with Crippen molar-refractivity contribution in [2.75, 3.05) is 32.8 Å². The summed E-state index contributed by atoms with van der Waals surface area (Å²) in [6.07, 6.45) is 0. The topological polar surface area (TPSA) is 55.6 Å². The number of nitrogens with two attached hydrogens (primary N) is 1. The maximum absolute atomic E-state index is 12.5. The van der Waals surface area contributed by atoms with Crippen LogP contribution in [0.2, 0.25) is 0 Å². The summed E-state index contributed by atoms with van der Waals surface area (Å²) in [7, 11) is 0. The molecule has 0 bridgehead atoms. The number of carbonyl (C=O) groups is 1. The van der Waals surface area contributed by atoms with E-state index in [2.05, 4.69) is 0 Å². The van der Waals surface area contributed by atoms with Gasteiger partial charge in [0.15, 0.2) is 0 Å². The second-order valence-electron chi connectivity index (χ2n) is 4.31. The number of nitrogens with zero attached hydrogens (tertiary/aromatic N) is 1. The van der Waals surface area contributed by atoms with Gasteiger partial charge in [-0.15, -0.1) is 12.4 Å². The Morgan fingerprint density at radius 2 is 1.95 bits per heavy atom. The molecule has 2 N–H and O–H groups in total. The third-order valence-electron chi connectivity index (χ3n) is 3.14. The molecular formula is C15H25ClN2O2. The predicted octanol–water partition coefficient (Wildman–Crippen LogP) is 2.04. The fourth-order valence-corrected chi connectivity index (χ4v) is 2.03. The minimum atomic E-state index is -0.261. The normalized spacial score (nSPS) is 11.6. The molecule has 0 heterocycles. The Kier molecular flexibility index (Phi) is 10.1. The van der Waals surface area contributed by atoms with Crippen molar-refractivity contribution < 1.29 is 9.53 Å². The van der Waals surface area contributed by atoms with Crippen LogP contribution in [-0.4, -0.2) is 43.7 Å². The molecule has 0 aliphatic rings. The van der Waals surface area contributed by atoms with Crippen molar-refractivity contribution in [3.8, 4) is 0 Å². The van der Waals surface area contributed by atoms with Crippen LogP contribution in [0.3, 0.4) is 0 Å². The highest BCUT2D eigenvalue weighted by Gasteiger charge is 2.23. The smallest absolute Gasteiger partial charge is 0.231 e. The van der Waals surface area contributed by atoms with Crippen molar-refractivity contribution in [1.29, 1.82) is 0 Å². The summed E-state index contributed by atoms with van der Waals surface area (Å²) < 4.78 is 5.31. The lowest BCUT2D eigenvalue weighted by molar-refractivity contribution is -0.133. The van der Waals surface area contributed by atoms with Gasteiger partial charge < -0.3 is 15.4 Å². The van der Waals surface area contributed by atoms with Crippen LogP contribution in [0.25, 0.3) is 0 Å². The van der Waals surface area contributed by atoms with Crippen LogP contribution >= 0.6 is 12.4 Å². The number of likely N-dealkylation sites (N-methyl/N-ethyl adjacent to an activating group) is 1. The minimum absolute atomic E-state index is 0. The minimum Gasteiger partial charge on any atom is -0.380 e. The Bertz CT molecular complexity index is 373. The lowest BCUT2D eigenvalue weighted by atomic mass is 9.98. The van der Waals surface area contributed by atoms with Gasteiger partial charge in [0, 0.05) is 26.2 Å². The van der Waals surface area contributed by atoms with Gasteiger partial charge in [0.1, 0.15) is 0 Å². The Labute approximate surface area is 127 Å². The van der Waals surface area contributed by atoms with Gasteiger partial charge in [-0.25, -0.2) is 0 Å². The van der Waals surface area contributed by atoms with E-state index in [0.29, 0.717) is 32.8 Å². The van der Waals surface area contributed by atoms with E-state index in [4.69, 9.17) is 10.5 Å². The molecule has 5 heteroatoms. The largest absolute Gasteiger partial charge is 0.380 e. The average Bonchev–Trinajstić information content (AvgIpc) is 2.45. The first-order chi connectivity index (χ1) is 9.24. The van der Waals surface area contributed by atoms with Gasteiger partial charge in [-0.1, -0.05) is 30.3 Å². The monoisotopic (exact) mass is 300 g/mol. The molecule has 0 aliphatic heterocycles. The van der Waals surface area contributed by atoms with Crippen molar-refractivity contribution in [2.45, 2.75) is 19.8 Å². The number of benzene rings is 1. The van der Waals surface area contributed by atoms with Crippen LogP contribution in [0.15, 0.2) is 30.3 Å². The van der Waals surface area contributed by atoms with E-state index in [1.165, 1.54) is 0 Å². The first kappa shape index (κ1) is 18.9. The van der Waals surface area contributed by atoms with Crippen LogP contribution in [0.1, 0.15) is 25.3 Å². The molecule has 0 fully saturated rings. The van der Waals surface area contributed by atoms with E-state index >= 15 is 0 Å². The molecule has 1 aromatic rings. The van der Waals surface area contributed by atoms with Gasteiger partial charge in [0.05, 0.1) is 12.5 Å². The predicted molar refractivity (Wildman–Crippen MR) is 84.2 cm³/mol. The van der Waals surface area contributed by atoms with Gasteiger partial charge in [0.2, 0.25) is 5.91 Å². The molecule has 1 atom stereocenters. The molecule has 1 amide bonds. The molecule has 0 saturated carbocycles. The van der Waals surface area contributed by atoms with Crippen LogP contribution in [-0.2, 0) is 9.53 Å². The fraction of sp³-hybridized carbons (Fsp3) is 0.533. The second-order valence-corrected chi connectivity index (χ2v) is 4.31. The number of amides is 1. The average molecular weight is 301 g/mol. The molecule has 0 saturated heterocycles. The van der Waals surface area contributed by atoms with Crippen molar-refractivity contribution in [3.05, 3.63) is 35.9 Å². The maximum atomic E-state index is 12.5. The zero-order valence-corrected chi connectivity index (χ0v) is 13.1. The Hall–Kier alpha value is -1.10. The molecule has 1 rings (SSSR count). The van der Waals surface area contributed by atoms with Crippen LogP contribution in [0.4, 0.5) is 0 Å². The van der Waals surface area contributed by atoms with Crippen molar-refractivity contribution in [1.82, 2.24) is 4.90 Å². The van der Waals surface area contributed by atoms with Gasteiger partial charge in [0.25, 0.3) is 0 Å². The fourth-order valence-electron chi connectivity index (χ4n) is 2.03. The molecule has 1 aromatic carbocycles. The molecule has 0 aliphatic carbocycles. The number of hydrogen-bond acceptors (Lipinski definition) is 3. The molecule has 0 spiro atoms. The summed E-state index contributed by atoms with van der Waals surface area (Å²) in [5.41, 5.74) is 6.75. The quantitative estimate of drug-likeness (QED) is 0.748. The SMILES string of the molecule is CCOCCN(CC)C(=O)C(CN)c1ccccc1.Cl. The van der Waals surface area contributed by atoms with Crippen molar-refractivity contribution >= 4 is 18.3 Å². The first-order valence-corrected chi connectivity index (χ1v) is 6.86. The lowest BCUT2D eigenvalue weighted by Gasteiger charge is -2.25. The highest BCUT2D eigenvalue weighted by atomic mass is 35.5. The zero-order valence-electron chi connectivity index (χ0n) is 12.2. The van der Waals surface area contributed by atoms with E-state index in [9.17, 15) is 4.79 Å². The zero-order chi connectivity index (χ0) is 14.1. The standard InChI is InChI=1S/C15H24N2O2.ClH/c1-3-17(10-11-19-4-2)15(18)14(12-16)13-8-6-5-7-9-13;/h5-9,14H,3-4,10-12,16H2,1-2H3;1H. The first-order valence-electron chi connectivity index (χ1n) is 6.86. The summed E-state index contributed by atoms with van der Waals surface area (Å²) in [6.45, 7) is 6.79. The third-order valence-corrected chi connectivity index (χ3v) is 3.14. The molecule has 1 unspecified atom stereocenters. The molecular weight excluding hydrogens is 276 g/mol. The van der Waals surface area contributed by atoms with Gasteiger partial charge in [-0.3, -0.25) is 4.79 Å². The van der Waals surface area contributed by atoms with E-state index in [-0.39, 0.29) is 24.2 Å². The van der Waals surface area contributed by atoms with E-state index in [1.807, 2.05) is 44.2 Å². The summed E-state index contributed by atoms with van der Waals surface area (Å²) in [5, 5.41) is 0. The van der Waals surface area contributed by atoms with Gasteiger partial charge >= 0.3 is 0 Å². The molecule has 0 aromatic heterocycles. The summed E-state index contributed by atoms with van der Waals surface area (Å²) >= 11 is 0. The Morgan fingerprint density at radius 1 is 1.30 bits per heavy atom. The summed E-state index contributed by atoms with van der Waals surface area (Å²) in [6, 6.07) is 9.70. The Morgan fingerprint density at radius 3 is 2.45 bits per heavy atom. The van der Waals surface area contributed by atoms with Crippen molar-refractivity contribution in [3.63, 3.8) is 0 Å². The maximum Gasteiger partial charge on any atom is 0.231 e. The Balaban J connectivity index is 0.00000361. The summed E-state index contributed by atoms with van der Waals surface area (Å²) in [4.78, 5) is 14.3. The molecule has 0 radical (unpaired) electrons. The number of rotatable bonds is 8. The third kappa shape index (κ3) is 5.49. The molecule has 114 valence electrons. The highest BCUT2D eigenvalue weighted by Crippen LogP contribution is 2.17. The van der Waals surface area contributed by atoms with Gasteiger partial charge in [-0.2, -0.15) is 0 Å². The van der Waals surface area contributed by atoms with Crippen LogP contribution in [0.5, 0.6) is 0 Å². The van der Waals surface area contributed by atoms with Crippen molar-refractivity contribution in [2.24, 2.45) is 5.73 Å². The van der Waals surface area contributed by atoms with Crippen LogP contribution < -0.4 is 5.73 Å². The van der Waals surface area contributed by atoms with Gasteiger partial charge in [-0.05, 0) is 19.4 Å². The van der Waals surface area contributed by atoms with Crippen LogP contribution in [0, 0.1) is 0 Å². The highest BCUT2D eigenvalue weighted by molar-refractivity contribution is 5.85. The molecule has 20 heavy (non-hydrogen) atoms. The molecule has 4 nitrogen and oxygen atoms in total. The second kappa shape index (κ2) is 10.7. The number of halogens is 1.